The summed E-state index contributed by atoms with van der Waals surface area (Å²) in [5.74, 6) is 0.735. The maximum Gasteiger partial charge on any atom is 0.261 e. The molecule has 3 rings (SSSR count). The highest BCUT2D eigenvalue weighted by Crippen LogP contribution is 2.22. The summed E-state index contributed by atoms with van der Waals surface area (Å²) in [6, 6.07) is 14.4. The lowest BCUT2D eigenvalue weighted by molar-refractivity contribution is -0.128. The molecule has 1 aliphatic heterocycles. The first-order valence-corrected chi connectivity index (χ1v) is 10.9. The molecule has 2 aromatic rings. The molecule has 0 aromatic heterocycles. The van der Waals surface area contributed by atoms with E-state index in [1.807, 2.05) is 32.0 Å². The minimum Gasteiger partial charge on any atom is -0.480 e. The first kappa shape index (κ1) is 21.4. The molecule has 1 atom stereocenters. The predicted molar refractivity (Wildman–Crippen MR) is 118 cm³/mol. The average Bonchev–Trinajstić information content (AvgIpc) is 2.74. The van der Waals surface area contributed by atoms with Crippen LogP contribution in [0.25, 0.3) is 0 Å². The number of carbonyl (C=O) groups is 1. The minimum atomic E-state index is -0.482. The third kappa shape index (κ3) is 5.83. The van der Waals surface area contributed by atoms with Gasteiger partial charge in [-0.15, -0.1) is 0 Å². The van der Waals surface area contributed by atoms with Crippen LogP contribution in [-0.2, 0) is 17.9 Å². The van der Waals surface area contributed by atoms with Crippen molar-refractivity contribution in [1.29, 1.82) is 0 Å². The van der Waals surface area contributed by atoms with E-state index in [2.05, 4.69) is 41.4 Å². The zero-order valence-electron chi connectivity index (χ0n) is 18.0. The van der Waals surface area contributed by atoms with E-state index in [4.69, 9.17) is 4.74 Å². The summed E-state index contributed by atoms with van der Waals surface area (Å²) in [5.41, 5.74) is 4.75. The molecule has 29 heavy (non-hydrogen) atoms. The van der Waals surface area contributed by atoms with E-state index in [1.54, 1.807) is 0 Å². The number of benzene rings is 2. The number of rotatable bonds is 8. The smallest absolute Gasteiger partial charge is 0.261 e. The van der Waals surface area contributed by atoms with Crippen LogP contribution in [0.2, 0.25) is 0 Å². The van der Waals surface area contributed by atoms with E-state index in [0.717, 1.165) is 17.9 Å². The van der Waals surface area contributed by atoms with E-state index < -0.39 is 6.10 Å². The van der Waals surface area contributed by atoms with Crippen molar-refractivity contribution >= 4 is 5.91 Å². The SMILES string of the molecule is CC[C@@H](Oc1cccc(C)c1C)C(=O)NCc1ccccc1CN1CCCCC1. The van der Waals surface area contributed by atoms with Gasteiger partial charge in [0.05, 0.1) is 0 Å². The first-order valence-electron chi connectivity index (χ1n) is 10.9. The van der Waals surface area contributed by atoms with Crippen molar-refractivity contribution in [2.45, 2.75) is 65.6 Å². The fourth-order valence-electron chi connectivity index (χ4n) is 3.87. The maximum atomic E-state index is 12.8. The van der Waals surface area contributed by atoms with Gasteiger partial charge in [-0.25, -0.2) is 0 Å². The van der Waals surface area contributed by atoms with Crippen LogP contribution in [0, 0.1) is 13.8 Å². The normalized spacial score (nSPS) is 15.7. The summed E-state index contributed by atoms with van der Waals surface area (Å²) in [6.45, 7) is 9.91. The second kappa shape index (κ2) is 10.4. The van der Waals surface area contributed by atoms with Gasteiger partial charge < -0.3 is 10.1 Å². The monoisotopic (exact) mass is 394 g/mol. The van der Waals surface area contributed by atoms with Gasteiger partial charge in [0.1, 0.15) is 5.75 Å². The largest absolute Gasteiger partial charge is 0.480 e. The number of nitrogens with zero attached hydrogens (tertiary/aromatic N) is 1. The molecule has 0 spiro atoms. The average molecular weight is 395 g/mol. The van der Waals surface area contributed by atoms with Crippen molar-refractivity contribution in [3.63, 3.8) is 0 Å². The van der Waals surface area contributed by atoms with Crippen LogP contribution in [0.5, 0.6) is 5.75 Å². The molecule has 2 aromatic carbocycles. The zero-order valence-corrected chi connectivity index (χ0v) is 18.0. The van der Waals surface area contributed by atoms with Gasteiger partial charge in [0.25, 0.3) is 5.91 Å². The fourth-order valence-corrected chi connectivity index (χ4v) is 3.87. The number of carbonyl (C=O) groups excluding carboxylic acids is 1. The molecule has 0 bridgehead atoms. The molecule has 4 nitrogen and oxygen atoms in total. The zero-order chi connectivity index (χ0) is 20.6. The fraction of sp³-hybridized carbons (Fsp3) is 0.480. The predicted octanol–water partition coefficient (Wildman–Crippen LogP) is 4.76. The lowest BCUT2D eigenvalue weighted by Gasteiger charge is -2.27. The van der Waals surface area contributed by atoms with Crippen molar-refractivity contribution in [3.8, 4) is 5.75 Å². The standard InChI is InChI=1S/C25H34N2O2/c1-4-23(29-24-14-10-11-19(2)20(24)3)25(28)26-17-21-12-6-7-13-22(21)18-27-15-8-5-9-16-27/h6-7,10-14,23H,4-5,8-9,15-18H2,1-3H3,(H,26,28)/t23-/m1/s1. The highest BCUT2D eigenvalue weighted by atomic mass is 16.5. The number of piperidine rings is 1. The lowest BCUT2D eigenvalue weighted by atomic mass is 10.0. The molecular weight excluding hydrogens is 360 g/mol. The lowest BCUT2D eigenvalue weighted by Crippen LogP contribution is -2.38. The number of hydrogen-bond acceptors (Lipinski definition) is 3. The van der Waals surface area contributed by atoms with Crippen LogP contribution < -0.4 is 10.1 Å². The van der Waals surface area contributed by atoms with Crippen molar-refractivity contribution in [1.82, 2.24) is 10.2 Å². The van der Waals surface area contributed by atoms with E-state index in [-0.39, 0.29) is 5.91 Å². The molecule has 0 radical (unpaired) electrons. The second-order valence-corrected chi connectivity index (χ2v) is 8.04. The molecule has 1 fully saturated rings. The summed E-state index contributed by atoms with van der Waals surface area (Å²) in [4.78, 5) is 15.3. The van der Waals surface area contributed by atoms with E-state index in [1.165, 1.54) is 49.0 Å². The molecule has 156 valence electrons. The third-order valence-electron chi connectivity index (χ3n) is 5.90. The highest BCUT2D eigenvalue weighted by Gasteiger charge is 2.20. The van der Waals surface area contributed by atoms with Gasteiger partial charge in [-0.3, -0.25) is 9.69 Å². The Bertz CT molecular complexity index is 812. The molecule has 0 saturated carbocycles. The van der Waals surface area contributed by atoms with Gasteiger partial charge in [0.15, 0.2) is 6.10 Å². The van der Waals surface area contributed by atoms with Gasteiger partial charge in [0.2, 0.25) is 0 Å². The van der Waals surface area contributed by atoms with Crippen LogP contribution in [-0.4, -0.2) is 30.0 Å². The van der Waals surface area contributed by atoms with Crippen LogP contribution in [0.3, 0.4) is 0 Å². The Kier molecular flexibility index (Phi) is 7.70. The molecule has 1 N–H and O–H groups in total. The number of likely N-dealkylation sites (tertiary alicyclic amines) is 1. The van der Waals surface area contributed by atoms with Gasteiger partial charge in [-0.2, -0.15) is 0 Å². The number of hydrogen-bond donors (Lipinski definition) is 1. The van der Waals surface area contributed by atoms with Gasteiger partial charge in [0, 0.05) is 13.1 Å². The van der Waals surface area contributed by atoms with Gasteiger partial charge in [-0.1, -0.05) is 49.7 Å². The summed E-state index contributed by atoms with van der Waals surface area (Å²) >= 11 is 0. The Morgan fingerprint density at radius 2 is 1.76 bits per heavy atom. The number of nitrogens with one attached hydrogen (secondary N) is 1. The number of aryl methyl sites for hydroxylation is 1. The number of amides is 1. The van der Waals surface area contributed by atoms with Crippen molar-refractivity contribution < 1.29 is 9.53 Å². The molecule has 0 unspecified atom stereocenters. The minimum absolute atomic E-state index is 0.0545. The molecule has 1 amide bonds. The first-order chi connectivity index (χ1) is 14.1. The Morgan fingerprint density at radius 1 is 1.03 bits per heavy atom. The molecule has 1 saturated heterocycles. The topological polar surface area (TPSA) is 41.6 Å². The third-order valence-corrected chi connectivity index (χ3v) is 5.90. The summed E-state index contributed by atoms with van der Waals surface area (Å²) < 4.78 is 6.06. The van der Waals surface area contributed by atoms with Crippen molar-refractivity contribution in [2.75, 3.05) is 13.1 Å². The highest BCUT2D eigenvalue weighted by molar-refractivity contribution is 5.81. The van der Waals surface area contributed by atoms with Crippen LogP contribution in [0.15, 0.2) is 42.5 Å². The van der Waals surface area contributed by atoms with E-state index in [0.29, 0.717) is 13.0 Å². The quantitative estimate of drug-likeness (QED) is 0.702. The summed E-state index contributed by atoms with van der Waals surface area (Å²) in [6.07, 6.45) is 4.06. The van der Waals surface area contributed by atoms with Gasteiger partial charge in [-0.05, 0) is 74.5 Å². The molecule has 0 aliphatic carbocycles. The Hall–Kier alpha value is -2.33. The van der Waals surface area contributed by atoms with Gasteiger partial charge >= 0.3 is 0 Å². The molecule has 1 aliphatic rings. The van der Waals surface area contributed by atoms with E-state index >= 15 is 0 Å². The molecular formula is C25H34N2O2. The Morgan fingerprint density at radius 3 is 2.48 bits per heavy atom. The number of ether oxygens (including phenoxy) is 1. The van der Waals surface area contributed by atoms with Crippen LogP contribution >= 0.6 is 0 Å². The maximum absolute atomic E-state index is 12.8. The Balaban J connectivity index is 1.61. The van der Waals surface area contributed by atoms with Crippen molar-refractivity contribution in [2.24, 2.45) is 0 Å². The van der Waals surface area contributed by atoms with E-state index in [9.17, 15) is 4.79 Å². The van der Waals surface area contributed by atoms with Crippen molar-refractivity contribution in [3.05, 3.63) is 64.7 Å². The summed E-state index contributed by atoms with van der Waals surface area (Å²) in [5, 5.41) is 3.10. The second-order valence-electron chi connectivity index (χ2n) is 8.04. The molecule has 4 heteroatoms. The van der Waals surface area contributed by atoms with Crippen LogP contribution in [0.4, 0.5) is 0 Å². The summed E-state index contributed by atoms with van der Waals surface area (Å²) in [7, 11) is 0. The molecule has 1 heterocycles. The van der Waals surface area contributed by atoms with Crippen LogP contribution in [0.1, 0.15) is 54.9 Å². The Labute approximate surface area is 175 Å².